The SMILES string of the molecule is CC(=O)NC1CCN(C(=O)C2CNC(=O)CN2)C1. The summed E-state index contributed by atoms with van der Waals surface area (Å²) in [5.74, 6) is -0.170. The highest BCUT2D eigenvalue weighted by Gasteiger charge is 2.32. The molecule has 7 nitrogen and oxygen atoms in total. The van der Waals surface area contributed by atoms with Gasteiger partial charge in [-0.1, -0.05) is 0 Å². The van der Waals surface area contributed by atoms with Crippen LogP contribution in [-0.2, 0) is 14.4 Å². The average molecular weight is 254 g/mol. The minimum absolute atomic E-state index is 0.0112. The molecule has 2 rings (SSSR count). The zero-order valence-corrected chi connectivity index (χ0v) is 10.4. The molecule has 100 valence electrons. The number of nitrogens with zero attached hydrogens (tertiary/aromatic N) is 1. The Balaban J connectivity index is 1.83. The van der Waals surface area contributed by atoms with Crippen LogP contribution in [0, 0.1) is 0 Å². The number of carbonyl (C=O) groups excluding carboxylic acids is 3. The molecule has 0 saturated carbocycles. The standard InChI is InChI=1S/C11H18N4O3/c1-7(16)14-8-2-3-15(6-8)11(18)9-4-13-10(17)5-12-9/h8-9,12H,2-6H2,1H3,(H,13,17)(H,14,16). The van der Waals surface area contributed by atoms with Crippen LogP contribution in [0.1, 0.15) is 13.3 Å². The summed E-state index contributed by atoms with van der Waals surface area (Å²) in [6.45, 7) is 3.18. The first-order chi connectivity index (χ1) is 8.56. The number of carbonyl (C=O) groups is 3. The van der Waals surface area contributed by atoms with E-state index in [2.05, 4.69) is 16.0 Å². The smallest absolute Gasteiger partial charge is 0.241 e. The van der Waals surface area contributed by atoms with Gasteiger partial charge in [0.2, 0.25) is 17.7 Å². The fourth-order valence-electron chi connectivity index (χ4n) is 2.33. The minimum Gasteiger partial charge on any atom is -0.353 e. The Bertz CT molecular complexity index is 361. The van der Waals surface area contributed by atoms with Crippen LogP contribution in [0.25, 0.3) is 0 Å². The molecule has 2 saturated heterocycles. The van der Waals surface area contributed by atoms with Crippen molar-refractivity contribution in [1.82, 2.24) is 20.9 Å². The quantitative estimate of drug-likeness (QED) is 0.522. The molecule has 2 unspecified atom stereocenters. The highest BCUT2D eigenvalue weighted by Crippen LogP contribution is 2.11. The number of amides is 3. The molecule has 18 heavy (non-hydrogen) atoms. The molecule has 2 heterocycles. The van der Waals surface area contributed by atoms with E-state index >= 15 is 0 Å². The van der Waals surface area contributed by atoms with Gasteiger partial charge in [-0.25, -0.2) is 0 Å². The van der Waals surface area contributed by atoms with Crippen molar-refractivity contribution >= 4 is 17.7 Å². The lowest BCUT2D eigenvalue weighted by Gasteiger charge is -2.27. The van der Waals surface area contributed by atoms with E-state index in [0.717, 1.165) is 6.42 Å². The van der Waals surface area contributed by atoms with E-state index < -0.39 is 0 Å². The van der Waals surface area contributed by atoms with Gasteiger partial charge in [-0.05, 0) is 6.42 Å². The Kier molecular flexibility index (Phi) is 3.81. The summed E-state index contributed by atoms with van der Waals surface area (Å²) in [4.78, 5) is 35.8. The molecule has 0 aromatic rings. The third-order valence-corrected chi connectivity index (χ3v) is 3.22. The van der Waals surface area contributed by atoms with Crippen molar-refractivity contribution < 1.29 is 14.4 Å². The number of hydrogen-bond acceptors (Lipinski definition) is 4. The van der Waals surface area contributed by atoms with E-state index in [0.29, 0.717) is 19.6 Å². The van der Waals surface area contributed by atoms with Crippen molar-refractivity contribution in [3.8, 4) is 0 Å². The van der Waals surface area contributed by atoms with Crippen molar-refractivity contribution in [2.24, 2.45) is 0 Å². The topological polar surface area (TPSA) is 90.5 Å². The highest BCUT2D eigenvalue weighted by atomic mass is 16.2. The molecule has 2 aliphatic rings. The van der Waals surface area contributed by atoms with Gasteiger partial charge in [0.25, 0.3) is 0 Å². The Morgan fingerprint density at radius 3 is 2.83 bits per heavy atom. The molecule has 0 bridgehead atoms. The zero-order valence-electron chi connectivity index (χ0n) is 10.4. The third-order valence-electron chi connectivity index (χ3n) is 3.22. The number of hydrogen-bond donors (Lipinski definition) is 3. The Morgan fingerprint density at radius 2 is 2.22 bits per heavy atom. The first-order valence-electron chi connectivity index (χ1n) is 6.12. The van der Waals surface area contributed by atoms with Gasteiger partial charge in [0.05, 0.1) is 6.54 Å². The minimum atomic E-state index is -0.348. The molecule has 2 aliphatic heterocycles. The zero-order chi connectivity index (χ0) is 13.1. The molecule has 2 atom stereocenters. The molecule has 0 aromatic carbocycles. The van der Waals surface area contributed by atoms with Gasteiger partial charge in [-0.3, -0.25) is 19.7 Å². The molecule has 3 amide bonds. The Labute approximate surface area is 105 Å². The van der Waals surface area contributed by atoms with Crippen LogP contribution in [0.3, 0.4) is 0 Å². The normalized spacial score (nSPS) is 27.8. The van der Waals surface area contributed by atoms with Crippen molar-refractivity contribution in [3.63, 3.8) is 0 Å². The predicted molar refractivity (Wildman–Crippen MR) is 63.6 cm³/mol. The number of rotatable bonds is 2. The van der Waals surface area contributed by atoms with Crippen LogP contribution in [-0.4, -0.2) is 60.9 Å². The fraction of sp³-hybridized carbons (Fsp3) is 0.727. The lowest BCUT2D eigenvalue weighted by Crippen LogP contribution is -2.58. The van der Waals surface area contributed by atoms with Crippen LogP contribution in [0.2, 0.25) is 0 Å². The van der Waals surface area contributed by atoms with Crippen LogP contribution in [0.4, 0.5) is 0 Å². The lowest BCUT2D eigenvalue weighted by atomic mass is 10.2. The molecule has 7 heteroatoms. The maximum Gasteiger partial charge on any atom is 0.241 e. The predicted octanol–water partition coefficient (Wildman–Crippen LogP) is -2.19. The molecule has 0 spiro atoms. The summed E-state index contributed by atoms with van der Waals surface area (Å²) in [7, 11) is 0. The molecule has 0 aliphatic carbocycles. The maximum atomic E-state index is 12.1. The van der Waals surface area contributed by atoms with Crippen LogP contribution >= 0.6 is 0 Å². The van der Waals surface area contributed by atoms with E-state index in [4.69, 9.17) is 0 Å². The summed E-state index contributed by atoms with van der Waals surface area (Å²) >= 11 is 0. The Morgan fingerprint density at radius 1 is 1.44 bits per heavy atom. The molecule has 2 fully saturated rings. The first kappa shape index (κ1) is 12.8. The van der Waals surface area contributed by atoms with Crippen molar-refractivity contribution in [1.29, 1.82) is 0 Å². The van der Waals surface area contributed by atoms with Crippen LogP contribution < -0.4 is 16.0 Å². The van der Waals surface area contributed by atoms with Gasteiger partial charge in [-0.15, -0.1) is 0 Å². The van der Waals surface area contributed by atoms with Crippen molar-refractivity contribution in [2.45, 2.75) is 25.4 Å². The molecule has 0 radical (unpaired) electrons. The monoisotopic (exact) mass is 254 g/mol. The average Bonchev–Trinajstić information content (AvgIpc) is 2.76. The van der Waals surface area contributed by atoms with E-state index in [-0.39, 0.29) is 36.3 Å². The largest absolute Gasteiger partial charge is 0.353 e. The van der Waals surface area contributed by atoms with Gasteiger partial charge in [0.15, 0.2) is 0 Å². The first-order valence-corrected chi connectivity index (χ1v) is 6.12. The van der Waals surface area contributed by atoms with Crippen LogP contribution in [0.15, 0.2) is 0 Å². The highest BCUT2D eigenvalue weighted by molar-refractivity contribution is 5.87. The van der Waals surface area contributed by atoms with E-state index in [1.165, 1.54) is 6.92 Å². The summed E-state index contributed by atoms with van der Waals surface area (Å²) in [5.41, 5.74) is 0. The Hall–Kier alpha value is -1.63. The van der Waals surface area contributed by atoms with E-state index in [1.807, 2.05) is 0 Å². The van der Waals surface area contributed by atoms with Gasteiger partial charge in [0.1, 0.15) is 6.04 Å². The van der Waals surface area contributed by atoms with Gasteiger partial charge >= 0.3 is 0 Å². The van der Waals surface area contributed by atoms with Crippen molar-refractivity contribution in [2.75, 3.05) is 26.2 Å². The summed E-state index contributed by atoms with van der Waals surface area (Å²) in [5, 5.41) is 8.39. The molecule has 0 aromatic heterocycles. The second-order valence-electron chi connectivity index (χ2n) is 4.71. The maximum absolute atomic E-state index is 12.1. The fourth-order valence-corrected chi connectivity index (χ4v) is 2.33. The van der Waals surface area contributed by atoms with Gasteiger partial charge < -0.3 is 15.5 Å². The molecule has 3 N–H and O–H groups in total. The number of piperazine rings is 1. The summed E-state index contributed by atoms with van der Waals surface area (Å²) in [6, 6.07) is -0.302. The number of nitrogens with one attached hydrogen (secondary N) is 3. The molecular formula is C11H18N4O3. The second kappa shape index (κ2) is 5.34. The lowest BCUT2D eigenvalue weighted by molar-refractivity contribution is -0.134. The van der Waals surface area contributed by atoms with Gasteiger partial charge in [-0.2, -0.15) is 0 Å². The summed E-state index contributed by atoms with van der Waals surface area (Å²) in [6.07, 6.45) is 0.782. The van der Waals surface area contributed by atoms with Gasteiger partial charge in [0, 0.05) is 32.6 Å². The van der Waals surface area contributed by atoms with E-state index in [1.54, 1.807) is 4.90 Å². The van der Waals surface area contributed by atoms with Crippen molar-refractivity contribution in [3.05, 3.63) is 0 Å². The molecular weight excluding hydrogens is 236 g/mol. The van der Waals surface area contributed by atoms with E-state index in [9.17, 15) is 14.4 Å². The second-order valence-corrected chi connectivity index (χ2v) is 4.71. The summed E-state index contributed by atoms with van der Waals surface area (Å²) < 4.78 is 0. The number of likely N-dealkylation sites (tertiary alicyclic amines) is 1. The van der Waals surface area contributed by atoms with Crippen LogP contribution in [0.5, 0.6) is 0 Å². The third kappa shape index (κ3) is 2.98.